The number of Topliss-reactive ketones (excluding diaryl/α,β-unsaturated/α-hetero) is 1. The molecule has 0 fully saturated rings. The third kappa shape index (κ3) is 2.06. The van der Waals surface area contributed by atoms with Gasteiger partial charge in [-0.1, -0.05) is 0 Å². The Kier molecular flexibility index (Phi) is 3.49. The third-order valence-electron chi connectivity index (χ3n) is 1.10. The van der Waals surface area contributed by atoms with Crippen molar-refractivity contribution in [1.82, 2.24) is 0 Å². The summed E-state index contributed by atoms with van der Waals surface area (Å²) >= 11 is 0. The molecular weight excluding hydrogens is 136 g/mol. The Morgan fingerprint density at radius 1 is 1.70 bits per heavy atom. The van der Waals surface area contributed by atoms with Crippen LogP contribution in [-0.4, -0.2) is 29.2 Å². The van der Waals surface area contributed by atoms with E-state index in [-0.39, 0.29) is 0 Å². The lowest BCUT2D eigenvalue weighted by atomic mass is 10.2. The molecule has 0 heterocycles. The summed E-state index contributed by atoms with van der Waals surface area (Å²) in [5.41, 5.74) is 0. The smallest absolute Gasteiger partial charge is 0.228 e. The first-order valence-corrected chi connectivity index (χ1v) is 2.73. The highest BCUT2D eigenvalue weighted by atomic mass is 16.5. The summed E-state index contributed by atoms with van der Waals surface area (Å²) in [6.45, 7) is 1.47. The largest absolute Gasteiger partial charge is 0.512 e. The quantitative estimate of drug-likeness (QED) is 0.450. The van der Waals surface area contributed by atoms with Crippen LogP contribution in [0.1, 0.15) is 6.92 Å². The molecule has 0 aromatic rings. The number of aliphatic hydroxyl groups excluding tert-OH is 2. The van der Waals surface area contributed by atoms with E-state index < -0.39 is 17.6 Å². The van der Waals surface area contributed by atoms with Crippen molar-refractivity contribution in [3.63, 3.8) is 0 Å². The molecule has 10 heavy (non-hydrogen) atoms. The highest BCUT2D eigenvalue weighted by molar-refractivity contribution is 5.96. The molecular formula is C6H10O4. The molecule has 1 atom stereocenters. The first kappa shape index (κ1) is 8.97. The molecule has 4 heteroatoms. The molecule has 58 valence electrons. The highest BCUT2D eigenvalue weighted by Gasteiger charge is 2.15. The number of aliphatic hydroxyl groups is 2. The zero-order chi connectivity index (χ0) is 8.15. The molecule has 0 rings (SSSR count). The van der Waals surface area contributed by atoms with E-state index in [1.807, 2.05) is 0 Å². The Hall–Kier alpha value is -1.03. The minimum absolute atomic E-state index is 0.345. The second-order valence-electron chi connectivity index (χ2n) is 1.76. The van der Waals surface area contributed by atoms with Crippen LogP contribution in [0.4, 0.5) is 0 Å². The van der Waals surface area contributed by atoms with Gasteiger partial charge in [-0.25, -0.2) is 0 Å². The van der Waals surface area contributed by atoms with Crippen molar-refractivity contribution < 1.29 is 19.7 Å². The summed E-state index contributed by atoms with van der Waals surface area (Å²) in [5.74, 6) is -1.32. The van der Waals surface area contributed by atoms with E-state index in [4.69, 9.17) is 10.2 Å². The molecule has 0 aliphatic rings. The van der Waals surface area contributed by atoms with Gasteiger partial charge in [0.1, 0.15) is 12.4 Å². The van der Waals surface area contributed by atoms with Gasteiger partial charge in [0, 0.05) is 7.11 Å². The third-order valence-corrected chi connectivity index (χ3v) is 1.10. The molecule has 0 radical (unpaired) electrons. The number of hydrogen-bond acceptors (Lipinski definition) is 4. The SMILES string of the molecule is COC(C)C(=O)C(O)=CO. The molecule has 0 bridgehead atoms. The van der Waals surface area contributed by atoms with E-state index in [0.717, 1.165) is 0 Å². The summed E-state index contributed by atoms with van der Waals surface area (Å²) in [6, 6.07) is 0. The molecule has 0 aliphatic heterocycles. The van der Waals surface area contributed by atoms with E-state index in [2.05, 4.69) is 4.74 Å². The second kappa shape index (κ2) is 3.90. The lowest BCUT2D eigenvalue weighted by Crippen LogP contribution is -2.20. The van der Waals surface area contributed by atoms with Crippen molar-refractivity contribution in [3.05, 3.63) is 12.0 Å². The van der Waals surface area contributed by atoms with Gasteiger partial charge in [0.05, 0.1) is 0 Å². The van der Waals surface area contributed by atoms with Crippen LogP contribution in [0, 0.1) is 0 Å². The second-order valence-corrected chi connectivity index (χ2v) is 1.76. The molecule has 0 aliphatic carbocycles. The van der Waals surface area contributed by atoms with E-state index in [1.165, 1.54) is 14.0 Å². The van der Waals surface area contributed by atoms with Crippen LogP contribution in [0.2, 0.25) is 0 Å². The van der Waals surface area contributed by atoms with Crippen LogP contribution >= 0.6 is 0 Å². The Labute approximate surface area is 58.7 Å². The van der Waals surface area contributed by atoms with Gasteiger partial charge in [-0.2, -0.15) is 0 Å². The van der Waals surface area contributed by atoms with Crippen LogP contribution in [0.5, 0.6) is 0 Å². The van der Waals surface area contributed by atoms with Gasteiger partial charge >= 0.3 is 0 Å². The number of methoxy groups -OCH3 is 1. The molecule has 0 saturated carbocycles. The van der Waals surface area contributed by atoms with Gasteiger partial charge in [-0.05, 0) is 6.92 Å². The fourth-order valence-corrected chi connectivity index (χ4v) is 0.379. The maximum atomic E-state index is 10.7. The molecule has 4 nitrogen and oxygen atoms in total. The van der Waals surface area contributed by atoms with Crippen molar-refractivity contribution in [1.29, 1.82) is 0 Å². The normalized spacial score (nSPS) is 14.8. The molecule has 2 N–H and O–H groups in total. The monoisotopic (exact) mass is 146 g/mol. The van der Waals surface area contributed by atoms with Crippen molar-refractivity contribution in [2.45, 2.75) is 13.0 Å². The average Bonchev–Trinajstić information content (AvgIpc) is 2.00. The summed E-state index contributed by atoms with van der Waals surface area (Å²) in [4.78, 5) is 10.7. The Morgan fingerprint density at radius 2 is 2.20 bits per heavy atom. The summed E-state index contributed by atoms with van der Waals surface area (Å²) < 4.78 is 4.57. The number of hydrogen-bond donors (Lipinski definition) is 2. The molecule has 0 aromatic carbocycles. The molecule has 0 amide bonds. The van der Waals surface area contributed by atoms with Crippen LogP contribution in [0.25, 0.3) is 0 Å². The number of carbonyl (C=O) groups is 1. The molecule has 0 aromatic heterocycles. The fraction of sp³-hybridized carbons (Fsp3) is 0.500. The Morgan fingerprint density at radius 3 is 2.50 bits per heavy atom. The fourth-order valence-electron chi connectivity index (χ4n) is 0.379. The van der Waals surface area contributed by atoms with Crippen molar-refractivity contribution in [2.24, 2.45) is 0 Å². The molecule has 0 spiro atoms. The van der Waals surface area contributed by atoms with Crippen LogP contribution in [0.15, 0.2) is 12.0 Å². The summed E-state index contributed by atoms with van der Waals surface area (Å²) in [5, 5.41) is 16.8. The number of rotatable bonds is 3. The van der Waals surface area contributed by atoms with E-state index in [9.17, 15) is 4.79 Å². The van der Waals surface area contributed by atoms with Gasteiger partial charge in [-0.3, -0.25) is 4.79 Å². The van der Waals surface area contributed by atoms with Gasteiger partial charge in [-0.15, -0.1) is 0 Å². The van der Waals surface area contributed by atoms with Crippen LogP contribution in [-0.2, 0) is 9.53 Å². The highest BCUT2D eigenvalue weighted by Crippen LogP contribution is 1.97. The predicted octanol–water partition coefficient (Wildman–Crippen LogP) is 0.548. The predicted molar refractivity (Wildman–Crippen MR) is 34.8 cm³/mol. The lowest BCUT2D eigenvalue weighted by molar-refractivity contribution is -0.126. The number of carbonyl (C=O) groups excluding carboxylic acids is 1. The van der Waals surface area contributed by atoms with Crippen molar-refractivity contribution in [2.75, 3.05) is 7.11 Å². The maximum Gasteiger partial charge on any atom is 0.228 e. The van der Waals surface area contributed by atoms with Gasteiger partial charge in [0.2, 0.25) is 5.78 Å². The molecule has 0 saturated heterocycles. The maximum absolute atomic E-state index is 10.7. The van der Waals surface area contributed by atoms with E-state index >= 15 is 0 Å². The van der Waals surface area contributed by atoms with Gasteiger partial charge in [0.25, 0.3) is 0 Å². The Balaban J connectivity index is 4.08. The zero-order valence-corrected chi connectivity index (χ0v) is 5.87. The minimum Gasteiger partial charge on any atom is -0.512 e. The number of ketones is 1. The Bertz CT molecular complexity index is 150. The van der Waals surface area contributed by atoms with Crippen molar-refractivity contribution in [3.8, 4) is 0 Å². The topological polar surface area (TPSA) is 66.8 Å². The van der Waals surface area contributed by atoms with Gasteiger partial charge in [0.15, 0.2) is 5.76 Å². The minimum atomic E-state index is -0.719. The lowest BCUT2D eigenvalue weighted by Gasteiger charge is -2.05. The van der Waals surface area contributed by atoms with Crippen LogP contribution < -0.4 is 0 Å². The first-order chi connectivity index (χ1) is 4.63. The van der Waals surface area contributed by atoms with Crippen LogP contribution in [0.3, 0.4) is 0 Å². The molecule has 1 unspecified atom stereocenters. The zero-order valence-electron chi connectivity index (χ0n) is 5.87. The van der Waals surface area contributed by atoms with E-state index in [1.54, 1.807) is 0 Å². The number of ether oxygens (including phenoxy) is 1. The average molecular weight is 146 g/mol. The van der Waals surface area contributed by atoms with E-state index in [0.29, 0.717) is 6.26 Å². The van der Waals surface area contributed by atoms with Gasteiger partial charge < -0.3 is 14.9 Å². The first-order valence-electron chi connectivity index (χ1n) is 2.73. The summed E-state index contributed by atoms with van der Waals surface area (Å²) in [6.07, 6.45) is -0.374. The summed E-state index contributed by atoms with van der Waals surface area (Å²) in [7, 11) is 1.34. The van der Waals surface area contributed by atoms with Crippen molar-refractivity contribution >= 4 is 5.78 Å². The standard InChI is InChI=1S/C6H10O4/c1-4(10-2)6(9)5(8)3-7/h3-4,7-8H,1-2H3.